The Morgan fingerprint density at radius 1 is 0.958 bits per heavy atom. The Morgan fingerprint density at radius 3 is 2.21 bits per heavy atom. The maximum atomic E-state index is 12.8. The minimum Gasteiger partial charge on any atom is -0.369 e. The summed E-state index contributed by atoms with van der Waals surface area (Å²) in [5.41, 5.74) is 2.54. The molecule has 0 radical (unpaired) electrons. The Labute approximate surface area is 157 Å². The molecule has 0 amide bonds. The van der Waals surface area contributed by atoms with E-state index >= 15 is 0 Å². The molecule has 0 saturated carbocycles. The molecule has 0 atom stereocenters. The van der Waals surface area contributed by atoms with Crippen LogP contribution in [-0.2, 0) is 16.4 Å². The van der Waals surface area contributed by atoms with Gasteiger partial charge in [-0.05, 0) is 64.9 Å². The van der Waals surface area contributed by atoms with E-state index in [1.54, 1.807) is 16.4 Å². The highest BCUT2D eigenvalue weighted by molar-refractivity contribution is 14.1. The predicted octanol–water partition coefficient (Wildman–Crippen LogP) is 3.36. The fourth-order valence-corrected chi connectivity index (χ4v) is 4.83. The zero-order valence-electron chi connectivity index (χ0n) is 13.7. The number of nitrogens with zero attached hydrogens (tertiary/aromatic N) is 2. The molecule has 1 heterocycles. The first-order valence-electron chi connectivity index (χ1n) is 8.11. The lowest BCUT2D eigenvalue weighted by molar-refractivity contribution is 0.384. The summed E-state index contributed by atoms with van der Waals surface area (Å²) in [5, 5.41) is 0. The third kappa shape index (κ3) is 3.60. The SMILES string of the molecule is CCc1ccccc1N1CCN(S(=O)(=O)c2ccc(I)cc2)CC1. The highest BCUT2D eigenvalue weighted by Crippen LogP contribution is 2.24. The molecule has 1 fully saturated rings. The van der Waals surface area contributed by atoms with Crippen LogP contribution in [0.2, 0.25) is 0 Å². The van der Waals surface area contributed by atoms with Gasteiger partial charge in [-0.1, -0.05) is 25.1 Å². The molecule has 2 aromatic carbocycles. The van der Waals surface area contributed by atoms with Crippen molar-refractivity contribution in [3.63, 3.8) is 0 Å². The Kier molecular flexibility index (Phi) is 5.46. The summed E-state index contributed by atoms with van der Waals surface area (Å²) < 4.78 is 28.2. The van der Waals surface area contributed by atoms with E-state index in [4.69, 9.17) is 0 Å². The first-order chi connectivity index (χ1) is 11.5. The molecule has 0 aliphatic carbocycles. The molecular formula is C18H21IN2O2S. The summed E-state index contributed by atoms with van der Waals surface area (Å²) in [6.45, 7) is 4.64. The van der Waals surface area contributed by atoms with Gasteiger partial charge in [-0.25, -0.2) is 8.42 Å². The maximum Gasteiger partial charge on any atom is 0.243 e. The molecule has 0 unspecified atom stereocenters. The summed E-state index contributed by atoms with van der Waals surface area (Å²) in [6.07, 6.45) is 0.983. The Hall–Kier alpha value is -1.12. The van der Waals surface area contributed by atoms with Gasteiger partial charge in [0.25, 0.3) is 0 Å². The van der Waals surface area contributed by atoms with Gasteiger partial charge in [0.1, 0.15) is 0 Å². The summed E-state index contributed by atoms with van der Waals surface area (Å²) in [4.78, 5) is 2.67. The smallest absolute Gasteiger partial charge is 0.243 e. The van der Waals surface area contributed by atoms with Crippen LogP contribution in [0.5, 0.6) is 0 Å². The average molecular weight is 456 g/mol. The van der Waals surface area contributed by atoms with Gasteiger partial charge in [0.15, 0.2) is 0 Å². The van der Waals surface area contributed by atoms with Crippen LogP contribution in [-0.4, -0.2) is 38.9 Å². The van der Waals surface area contributed by atoms with Crippen LogP contribution < -0.4 is 4.90 Å². The van der Waals surface area contributed by atoms with Crippen molar-refractivity contribution in [1.82, 2.24) is 4.31 Å². The van der Waals surface area contributed by atoms with Crippen molar-refractivity contribution in [2.24, 2.45) is 0 Å². The molecule has 1 aliphatic heterocycles. The summed E-state index contributed by atoms with van der Waals surface area (Å²) in [6, 6.07) is 15.4. The normalized spacial score (nSPS) is 16.3. The third-order valence-electron chi connectivity index (χ3n) is 4.40. The van der Waals surface area contributed by atoms with Crippen LogP contribution >= 0.6 is 22.6 Å². The fraction of sp³-hybridized carbons (Fsp3) is 0.333. The molecule has 128 valence electrons. The molecule has 1 saturated heterocycles. The lowest BCUT2D eigenvalue weighted by Gasteiger charge is -2.36. The quantitative estimate of drug-likeness (QED) is 0.663. The van der Waals surface area contributed by atoms with Crippen LogP contribution in [0.1, 0.15) is 12.5 Å². The van der Waals surface area contributed by atoms with Gasteiger partial charge in [0.2, 0.25) is 10.0 Å². The minimum atomic E-state index is -3.40. The van der Waals surface area contributed by atoms with Crippen molar-refractivity contribution < 1.29 is 8.42 Å². The van der Waals surface area contributed by atoms with Crippen molar-refractivity contribution in [1.29, 1.82) is 0 Å². The number of aryl methyl sites for hydroxylation is 1. The number of sulfonamides is 1. The van der Waals surface area contributed by atoms with Gasteiger partial charge >= 0.3 is 0 Å². The van der Waals surface area contributed by atoms with Gasteiger partial charge in [-0.2, -0.15) is 4.31 Å². The molecule has 0 bridgehead atoms. The van der Waals surface area contributed by atoms with E-state index < -0.39 is 10.0 Å². The van der Waals surface area contributed by atoms with Crippen molar-refractivity contribution in [2.45, 2.75) is 18.2 Å². The average Bonchev–Trinajstić information content (AvgIpc) is 2.62. The molecular weight excluding hydrogens is 435 g/mol. The molecule has 0 spiro atoms. The van der Waals surface area contributed by atoms with Crippen molar-refractivity contribution >= 4 is 38.3 Å². The van der Waals surface area contributed by atoms with Gasteiger partial charge in [-0.3, -0.25) is 0 Å². The van der Waals surface area contributed by atoms with Gasteiger partial charge < -0.3 is 4.90 Å². The molecule has 0 aromatic heterocycles. The van der Waals surface area contributed by atoms with E-state index in [1.807, 2.05) is 18.2 Å². The van der Waals surface area contributed by atoms with E-state index in [0.29, 0.717) is 18.0 Å². The monoisotopic (exact) mass is 456 g/mol. The van der Waals surface area contributed by atoms with Crippen LogP contribution in [0.15, 0.2) is 53.4 Å². The van der Waals surface area contributed by atoms with Crippen molar-refractivity contribution in [3.8, 4) is 0 Å². The summed E-state index contributed by atoms with van der Waals surface area (Å²) in [5.74, 6) is 0. The molecule has 6 heteroatoms. The first kappa shape index (κ1) is 17.7. The van der Waals surface area contributed by atoms with E-state index in [0.717, 1.165) is 23.1 Å². The molecule has 3 rings (SSSR count). The second-order valence-corrected chi connectivity index (χ2v) is 9.01. The predicted molar refractivity (Wildman–Crippen MR) is 106 cm³/mol. The Balaban J connectivity index is 1.74. The standard InChI is InChI=1S/C18H21IN2O2S/c1-2-15-5-3-4-6-18(15)20-11-13-21(14-12-20)24(22,23)17-9-7-16(19)8-10-17/h3-10H,2,11-14H2,1H3. The van der Waals surface area contributed by atoms with E-state index in [2.05, 4.69) is 52.6 Å². The second-order valence-electron chi connectivity index (χ2n) is 5.83. The zero-order chi connectivity index (χ0) is 17.2. The summed E-state index contributed by atoms with van der Waals surface area (Å²) in [7, 11) is -3.40. The topological polar surface area (TPSA) is 40.6 Å². The highest BCUT2D eigenvalue weighted by atomic mass is 127. The molecule has 2 aromatic rings. The van der Waals surface area contributed by atoms with Crippen molar-refractivity contribution in [2.75, 3.05) is 31.1 Å². The van der Waals surface area contributed by atoms with Gasteiger partial charge in [0.05, 0.1) is 4.90 Å². The first-order valence-corrected chi connectivity index (χ1v) is 10.6. The molecule has 24 heavy (non-hydrogen) atoms. The zero-order valence-corrected chi connectivity index (χ0v) is 16.6. The number of halogens is 1. The number of rotatable bonds is 4. The molecule has 1 aliphatic rings. The van der Waals surface area contributed by atoms with Gasteiger partial charge in [-0.15, -0.1) is 0 Å². The largest absolute Gasteiger partial charge is 0.369 e. The Morgan fingerprint density at radius 2 is 1.58 bits per heavy atom. The summed E-state index contributed by atoms with van der Waals surface area (Å²) >= 11 is 2.18. The molecule has 4 nitrogen and oxygen atoms in total. The number of anilines is 1. The number of para-hydroxylation sites is 1. The maximum absolute atomic E-state index is 12.8. The lowest BCUT2D eigenvalue weighted by Crippen LogP contribution is -2.48. The third-order valence-corrected chi connectivity index (χ3v) is 7.04. The number of hydrogen-bond acceptors (Lipinski definition) is 3. The van der Waals surface area contributed by atoms with E-state index in [9.17, 15) is 8.42 Å². The lowest BCUT2D eigenvalue weighted by atomic mass is 10.1. The highest BCUT2D eigenvalue weighted by Gasteiger charge is 2.28. The fourth-order valence-electron chi connectivity index (χ4n) is 3.04. The van der Waals surface area contributed by atoms with Crippen LogP contribution in [0.3, 0.4) is 0 Å². The molecule has 0 N–H and O–H groups in total. The van der Waals surface area contributed by atoms with Crippen LogP contribution in [0.25, 0.3) is 0 Å². The number of hydrogen-bond donors (Lipinski definition) is 0. The number of benzene rings is 2. The van der Waals surface area contributed by atoms with E-state index in [1.165, 1.54) is 11.3 Å². The second kappa shape index (κ2) is 7.41. The minimum absolute atomic E-state index is 0.380. The van der Waals surface area contributed by atoms with E-state index in [-0.39, 0.29) is 0 Å². The number of piperazine rings is 1. The van der Waals surface area contributed by atoms with Crippen molar-refractivity contribution in [3.05, 3.63) is 57.7 Å². The van der Waals surface area contributed by atoms with Crippen LogP contribution in [0.4, 0.5) is 5.69 Å². The van der Waals surface area contributed by atoms with Gasteiger partial charge in [0, 0.05) is 35.4 Å². The Bertz CT molecular complexity index is 798. The van der Waals surface area contributed by atoms with Crippen LogP contribution in [0, 0.1) is 3.57 Å².